The summed E-state index contributed by atoms with van der Waals surface area (Å²) in [6, 6.07) is 13.2. The molecule has 0 fully saturated rings. The lowest BCUT2D eigenvalue weighted by Gasteiger charge is -2.12. The molecule has 0 amide bonds. The lowest BCUT2D eigenvalue weighted by molar-refractivity contribution is 0.275. The first-order valence-electron chi connectivity index (χ1n) is 6.73. The molecule has 7 heteroatoms. The van der Waals surface area contributed by atoms with Crippen LogP contribution in [0.1, 0.15) is 11.1 Å². The zero-order chi connectivity index (χ0) is 15.5. The monoisotopic (exact) mass is 333 g/mol. The van der Waals surface area contributed by atoms with Gasteiger partial charge < -0.3 is 19.7 Å². The first kappa shape index (κ1) is 15.3. The van der Waals surface area contributed by atoms with Crippen LogP contribution in [-0.2, 0) is 22.6 Å². The molecule has 4 nitrogen and oxygen atoms in total. The van der Waals surface area contributed by atoms with Crippen LogP contribution < -0.4 is 10.8 Å². The molecule has 0 spiro atoms. The fourth-order valence-corrected chi connectivity index (χ4v) is 2.61. The third kappa shape index (κ3) is 3.42. The van der Waals surface area contributed by atoms with Crippen LogP contribution in [0.3, 0.4) is 0 Å². The fraction of sp³-hybridized carbons (Fsp3) is 0.133. The number of hydrogen-bond donors (Lipinski definition) is 2. The minimum Gasteiger partial charge on any atom is -0.466 e. The van der Waals surface area contributed by atoms with Crippen molar-refractivity contribution in [1.29, 1.82) is 0 Å². The standard InChI is InChI=1S/C15H13BClNO3S/c17-13-6-11-9-21-16(19)12(11)7-14(13)18-15(22)20-8-10-4-2-1-3-5-10/h1-7,19H,8-9H2,(H,18,22). The van der Waals surface area contributed by atoms with Gasteiger partial charge in [0, 0.05) is 0 Å². The number of thiocarbonyl (C=S) groups is 1. The van der Waals surface area contributed by atoms with Crippen LogP contribution in [0.4, 0.5) is 5.69 Å². The predicted molar refractivity (Wildman–Crippen MR) is 91.3 cm³/mol. The largest absolute Gasteiger partial charge is 0.491 e. The molecule has 0 bridgehead atoms. The fourth-order valence-electron chi connectivity index (χ4n) is 2.21. The van der Waals surface area contributed by atoms with Gasteiger partial charge in [-0.3, -0.25) is 0 Å². The smallest absolute Gasteiger partial charge is 0.466 e. The van der Waals surface area contributed by atoms with E-state index in [1.807, 2.05) is 30.3 Å². The van der Waals surface area contributed by atoms with Crippen LogP contribution in [0.25, 0.3) is 0 Å². The van der Waals surface area contributed by atoms with Crippen molar-refractivity contribution in [3.63, 3.8) is 0 Å². The summed E-state index contributed by atoms with van der Waals surface area (Å²) in [6.45, 7) is 0.729. The van der Waals surface area contributed by atoms with Crippen molar-refractivity contribution >= 4 is 47.3 Å². The number of anilines is 1. The zero-order valence-electron chi connectivity index (χ0n) is 11.6. The number of hydrogen-bond acceptors (Lipinski definition) is 4. The Bertz CT molecular complexity index is 699. The molecule has 2 aromatic carbocycles. The van der Waals surface area contributed by atoms with Gasteiger partial charge in [-0.1, -0.05) is 41.9 Å². The van der Waals surface area contributed by atoms with E-state index in [0.29, 0.717) is 29.4 Å². The van der Waals surface area contributed by atoms with Crippen molar-refractivity contribution in [2.45, 2.75) is 13.2 Å². The lowest BCUT2D eigenvalue weighted by Crippen LogP contribution is -2.28. The summed E-state index contributed by atoms with van der Waals surface area (Å²) >= 11 is 11.4. The molecule has 0 radical (unpaired) electrons. The maximum Gasteiger partial charge on any atom is 0.491 e. The number of halogens is 1. The number of fused-ring (bicyclic) bond motifs is 1. The van der Waals surface area contributed by atoms with Gasteiger partial charge in [0.05, 0.1) is 17.3 Å². The summed E-state index contributed by atoms with van der Waals surface area (Å²) < 4.78 is 10.6. The van der Waals surface area contributed by atoms with Gasteiger partial charge in [0.15, 0.2) is 0 Å². The normalized spacial score (nSPS) is 12.9. The molecular formula is C15H13BClNO3S. The molecule has 22 heavy (non-hydrogen) atoms. The molecule has 0 unspecified atom stereocenters. The highest BCUT2D eigenvalue weighted by molar-refractivity contribution is 7.80. The van der Waals surface area contributed by atoms with E-state index in [4.69, 9.17) is 33.2 Å². The summed E-state index contributed by atoms with van der Waals surface area (Å²) in [5.41, 5.74) is 3.18. The third-order valence-corrected chi connectivity index (χ3v) is 3.87. The highest BCUT2D eigenvalue weighted by Gasteiger charge is 2.28. The Labute approximate surface area is 139 Å². The van der Waals surface area contributed by atoms with Gasteiger partial charge in [-0.25, -0.2) is 0 Å². The Morgan fingerprint density at radius 3 is 2.91 bits per heavy atom. The van der Waals surface area contributed by atoms with Gasteiger partial charge in [-0.2, -0.15) is 0 Å². The molecule has 3 rings (SSSR count). The molecule has 1 heterocycles. The lowest BCUT2D eigenvalue weighted by atomic mass is 9.79. The molecule has 0 saturated carbocycles. The average Bonchev–Trinajstić information content (AvgIpc) is 2.87. The molecule has 0 aromatic heterocycles. The number of ether oxygens (including phenoxy) is 1. The Balaban J connectivity index is 1.65. The summed E-state index contributed by atoms with van der Waals surface area (Å²) in [6.07, 6.45) is 0. The predicted octanol–water partition coefficient (Wildman–Crippen LogP) is 2.47. The zero-order valence-corrected chi connectivity index (χ0v) is 13.2. The summed E-state index contributed by atoms with van der Waals surface area (Å²) in [5, 5.41) is 13.4. The van der Waals surface area contributed by atoms with E-state index in [9.17, 15) is 5.02 Å². The molecule has 112 valence electrons. The Kier molecular flexibility index (Phi) is 4.64. The topological polar surface area (TPSA) is 50.7 Å². The highest BCUT2D eigenvalue weighted by Crippen LogP contribution is 2.25. The molecule has 1 aliphatic rings. The maximum atomic E-state index is 9.73. The van der Waals surface area contributed by atoms with Crippen molar-refractivity contribution in [2.75, 3.05) is 5.32 Å². The highest BCUT2D eigenvalue weighted by atomic mass is 35.5. The van der Waals surface area contributed by atoms with E-state index in [1.54, 1.807) is 12.1 Å². The van der Waals surface area contributed by atoms with E-state index in [-0.39, 0.29) is 5.17 Å². The van der Waals surface area contributed by atoms with Crippen LogP contribution >= 0.6 is 23.8 Å². The Hall–Kier alpha value is -1.60. The first-order valence-corrected chi connectivity index (χ1v) is 7.52. The molecule has 2 N–H and O–H groups in total. The summed E-state index contributed by atoms with van der Waals surface area (Å²) in [7, 11) is -0.924. The van der Waals surface area contributed by atoms with Crippen molar-refractivity contribution < 1.29 is 14.4 Å². The third-order valence-electron chi connectivity index (χ3n) is 3.34. The Morgan fingerprint density at radius 1 is 1.36 bits per heavy atom. The molecule has 2 aromatic rings. The quantitative estimate of drug-likeness (QED) is 0.667. The van der Waals surface area contributed by atoms with Gasteiger partial charge in [0.1, 0.15) is 6.61 Å². The van der Waals surface area contributed by atoms with E-state index in [2.05, 4.69) is 5.32 Å². The van der Waals surface area contributed by atoms with Crippen molar-refractivity contribution in [2.24, 2.45) is 0 Å². The van der Waals surface area contributed by atoms with Gasteiger partial charge in [0.2, 0.25) is 0 Å². The van der Waals surface area contributed by atoms with Gasteiger partial charge in [-0.15, -0.1) is 0 Å². The number of rotatable bonds is 3. The van der Waals surface area contributed by atoms with Crippen LogP contribution in [0.15, 0.2) is 42.5 Å². The second-order valence-electron chi connectivity index (χ2n) is 4.88. The van der Waals surface area contributed by atoms with Crippen LogP contribution in [0, 0.1) is 0 Å². The molecule has 0 aliphatic carbocycles. The van der Waals surface area contributed by atoms with Gasteiger partial charge >= 0.3 is 7.12 Å². The van der Waals surface area contributed by atoms with E-state index < -0.39 is 7.12 Å². The summed E-state index contributed by atoms with van der Waals surface area (Å²) in [4.78, 5) is 0. The van der Waals surface area contributed by atoms with Gasteiger partial charge in [-0.05, 0) is 40.9 Å². The molecular weight excluding hydrogens is 321 g/mol. The molecule has 1 aliphatic heterocycles. The van der Waals surface area contributed by atoms with Gasteiger partial charge in [0.25, 0.3) is 5.17 Å². The van der Waals surface area contributed by atoms with E-state index >= 15 is 0 Å². The SMILES string of the molecule is OB1OCc2cc(Cl)c(NC(=S)OCc3ccccc3)cc21. The number of nitrogens with one attached hydrogen (secondary N) is 1. The Morgan fingerprint density at radius 2 is 2.14 bits per heavy atom. The molecule has 0 saturated heterocycles. The van der Waals surface area contributed by atoms with Crippen molar-refractivity contribution in [3.05, 3.63) is 58.6 Å². The first-order chi connectivity index (χ1) is 10.6. The summed E-state index contributed by atoms with van der Waals surface area (Å²) in [5.74, 6) is 0. The second kappa shape index (κ2) is 6.66. The number of benzene rings is 2. The van der Waals surface area contributed by atoms with Crippen molar-refractivity contribution in [1.82, 2.24) is 0 Å². The maximum absolute atomic E-state index is 9.73. The van der Waals surface area contributed by atoms with E-state index in [0.717, 1.165) is 11.1 Å². The molecule has 0 atom stereocenters. The minimum atomic E-state index is -0.924. The van der Waals surface area contributed by atoms with Crippen LogP contribution in [0.5, 0.6) is 0 Å². The van der Waals surface area contributed by atoms with Crippen LogP contribution in [-0.4, -0.2) is 17.3 Å². The minimum absolute atomic E-state index is 0.221. The van der Waals surface area contributed by atoms with Crippen molar-refractivity contribution in [3.8, 4) is 0 Å². The van der Waals surface area contributed by atoms with Crippen LogP contribution in [0.2, 0.25) is 5.02 Å². The average molecular weight is 334 g/mol. The van der Waals surface area contributed by atoms with E-state index in [1.165, 1.54) is 0 Å². The second-order valence-corrected chi connectivity index (χ2v) is 5.66.